The van der Waals surface area contributed by atoms with Gasteiger partial charge in [-0.25, -0.2) is 4.39 Å². The van der Waals surface area contributed by atoms with Crippen LogP contribution in [-0.2, 0) is 11.2 Å². The number of carbonyl (C=O) groups is 1. The number of piperazine rings is 1. The van der Waals surface area contributed by atoms with Gasteiger partial charge in [0.1, 0.15) is 5.82 Å². The summed E-state index contributed by atoms with van der Waals surface area (Å²) in [6.07, 6.45) is 0.297. The molecule has 21 heavy (non-hydrogen) atoms. The Labute approximate surface area is 128 Å². The fourth-order valence-corrected chi connectivity index (χ4v) is 2.53. The highest BCUT2D eigenvalue weighted by Gasteiger charge is 2.24. The van der Waals surface area contributed by atoms with Crippen molar-refractivity contribution < 1.29 is 13.7 Å². The van der Waals surface area contributed by atoms with Gasteiger partial charge in [-0.15, -0.1) is 0 Å². The molecule has 1 fully saturated rings. The number of carbonyl (C=O) groups excluding carboxylic acids is 1. The van der Waals surface area contributed by atoms with Crippen molar-refractivity contribution >= 4 is 21.8 Å². The van der Waals surface area contributed by atoms with Crippen LogP contribution in [0.5, 0.6) is 0 Å². The van der Waals surface area contributed by atoms with Gasteiger partial charge in [0, 0.05) is 23.1 Å². The molecule has 0 radical (unpaired) electrons. The van der Waals surface area contributed by atoms with Crippen LogP contribution in [0.2, 0.25) is 0 Å². The van der Waals surface area contributed by atoms with Crippen molar-refractivity contribution in [2.75, 3.05) is 13.1 Å². The molecule has 2 N–H and O–H groups in total. The van der Waals surface area contributed by atoms with Gasteiger partial charge in [0.2, 0.25) is 17.6 Å². The number of amides is 1. The number of aromatic nitrogens is 2. The molecule has 1 aliphatic heterocycles. The quantitative estimate of drug-likeness (QED) is 0.867. The lowest BCUT2D eigenvalue weighted by molar-refractivity contribution is -0.124. The zero-order valence-corrected chi connectivity index (χ0v) is 12.5. The number of benzene rings is 1. The number of hydrogen-bond acceptors (Lipinski definition) is 5. The van der Waals surface area contributed by atoms with Gasteiger partial charge in [-0.05, 0) is 18.2 Å². The van der Waals surface area contributed by atoms with Crippen molar-refractivity contribution in [3.63, 3.8) is 0 Å². The van der Waals surface area contributed by atoms with Crippen molar-refractivity contribution in [2.24, 2.45) is 0 Å². The molecule has 0 bridgehead atoms. The van der Waals surface area contributed by atoms with Gasteiger partial charge < -0.3 is 15.2 Å². The molecule has 1 aromatic heterocycles. The van der Waals surface area contributed by atoms with Crippen molar-refractivity contribution in [3.05, 3.63) is 34.4 Å². The van der Waals surface area contributed by atoms with E-state index in [2.05, 4.69) is 36.7 Å². The molecule has 1 amide bonds. The summed E-state index contributed by atoms with van der Waals surface area (Å²) in [7, 11) is 0. The summed E-state index contributed by atoms with van der Waals surface area (Å²) in [6, 6.07) is 3.86. The van der Waals surface area contributed by atoms with Gasteiger partial charge in [0.15, 0.2) is 0 Å². The van der Waals surface area contributed by atoms with Crippen LogP contribution in [0, 0.1) is 5.82 Å². The third-order valence-electron chi connectivity index (χ3n) is 3.15. The summed E-state index contributed by atoms with van der Waals surface area (Å²) in [5.74, 6) is 0.143. The van der Waals surface area contributed by atoms with Crippen LogP contribution in [0.25, 0.3) is 11.4 Å². The summed E-state index contributed by atoms with van der Waals surface area (Å²) >= 11 is 3.32. The van der Waals surface area contributed by atoms with Gasteiger partial charge >= 0.3 is 0 Å². The van der Waals surface area contributed by atoms with Gasteiger partial charge in [0.05, 0.1) is 12.5 Å². The van der Waals surface area contributed by atoms with Crippen LogP contribution in [0.15, 0.2) is 27.2 Å². The average Bonchev–Trinajstić information content (AvgIpc) is 2.92. The maximum atomic E-state index is 13.3. The van der Waals surface area contributed by atoms with E-state index < -0.39 is 0 Å². The van der Waals surface area contributed by atoms with Crippen molar-refractivity contribution in [1.29, 1.82) is 0 Å². The van der Waals surface area contributed by atoms with E-state index in [1.165, 1.54) is 12.1 Å². The summed E-state index contributed by atoms with van der Waals surface area (Å²) < 4.78 is 19.1. The van der Waals surface area contributed by atoms with Gasteiger partial charge in [0.25, 0.3) is 0 Å². The van der Waals surface area contributed by atoms with Gasteiger partial charge in [-0.1, -0.05) is 21.1 Å². The summed E-state index contributed by atoms with van der Waals surface area (Å²) in [4.78, 5) is 15.9. The Morgan fingerprint density at radius 2 is 2.29 bits per heavy atom. The maximum Gasteiger partial charge on any atom is 0.237 e. The zero-order chi connectivity index (χ0) is 14.8. The molecule has 110 valence electrons. The van der Waals surface area contributed by atoms with E-state index in [1.54, 1.807) is 6.07 Å². The Hall–Kier alpha value is -1.80. The molecule has 1 atom stereocenters. The first-order chi connectivity index (χ1) is 10.1. The van der Waals surface area contributed by atoms with Crippen LogP contribution in [-0.4, -0.2) is 35.2 Å². The maximum absolute atomic E-state index is 13.3. The zero-order valence-electron chi connectivity index (χ0n) is 10.9. The van der Waals surface area contributed by atoms with Crippen LogP contribution in [0.4, 0.5) is 4.39 Å². The number of hydrogen-bond donors (Lipinski definition) is 2. The predicted molar refractivity (Wildman–Crippen MR) is 75.9 cm³/mol. The highest BCUT2D eigenvalue weighted by atomic mass is 79.9. The molecule has 1 saturated heterocycles. The monoisotopic (exact) mass is 354 g/mol. The topological polar surface area (TPSA) is 80.0 Å². The minimum atomic E-state index is -0.386. The molecule has 3 rings (SSSR count). The van der Waals surface area contributed by atoms with Gasteiger partial charge in [-0.2, -0.15) is 4.98 Å². The fraction of sp³-hybridized carbons (Fsp3) is 0.308. The van der Waals surface area contributed by atoms with Gasteiger partial charge in [-0.3, -0.25) is 4.79 Å². The summed E-state index contributed by atoms with van der Waals surface area (Å²) in [5.41, 5.74) is 0.506. The molecule has 6 nitrogen and oxygen atoms in total. The second kappa shape index (κ2) is 5.90. The Morgan fingerprint density at radius 1 is 1.43 bits per heavy atom. The minimum absolute atomic E-state index is 0.0899. The standard InChI is InChI=1S/C13H12BrFN4O2/c14-9-2-1-7(15)5-8(9)12-18-11(21-19-12)6-10-13(20)17-4-3-16-10/h1-2,5,10,16H,3-4,6H2,(H,17,20). The fourth-order valence-electron chi connectivity index (χ4n) is 2.10. The molecule has 2 heterocycles. The van der Waals surface area contributed by atoms with Crippen LogP contribution in [0.1, 0.15) is 5.89 Å². The molecule has 0 aliphatic carbocycles. The lowest BCUT2D eigenvalue weighted by Crippen LogP contribution is -2.53. The number of halogens is 2. The predicted octanol–water partition coefficient (Wildman–Crippen LogP) is 1.27. The minimum Gasteiger partial charge on any atom is -0.353 e. The first-order valence-corrected chi connectivity index (χ1v) is 7.22. The first kappa shape index (κ1) is 14.2. The van der Waals surface area contributed by atoms with Crippen LogP contribution in [0.3, 0.4) is 0 Å². The molecular weight excluding hydrogens is 343 g/mol. The largest absolute Gasteiger partial charge is 0.353 e. The smallest absolute Gasteiger partial charge is 0.237 e. The second-order valence-electron chi connectivity index (χ2n) is 4.64. The second-order valence-corrected chi connectivity index (χ2v) is 5.49. The van der Waals surface area contributed by atoms with E-state index in [4.69, 9.17) is 4.52 Å². The molecule has 1 unspecified atom stereocenters. The Bertz CT molecular complexity index is 676. The highest BCUT2D eigenvalue weighted by molar-refractivity contribution is 9.10. The normalized spacial score (nSPS) is 18.6. The van der Waals surface area contributed by atoms with Crippen LogP contribution < -0.4 is 10.6 Å². The summed E-state index contributed by atoms with van der Waals surface area (Å²) in [6.45, 7) is 1.31. The number of rotatable bonds is 3. The van der Waals surface area contributed by atoms with Crippen molar-refractivity contribution in [3.8, 4) is 11.4 Å². The molecule has 0 spiro atoms. The average molecular weight is 355 g/mol. The van der Waals surface area contributed by atoms with Crippen LogP contribution >= 0.6 is 15.9 Å². The Kier molecular flexibility index (Phi) is 3.98. The summed E-state index contributed by atoms with van der Waals surface area (Å²) in [5, 5.41) is 9.67. The third kappa shape index (κ3) is 3.11. The molecule has 1 aliphatic rings. The molecule has 0 saturated carbocycles. The number of nitrogens with one attached hydrogen (secondary N) is 2. The molecular formula is C13H12BrFN4O2. The van der Waals surface area contributed by atoms with E-state index >= 15 is 0 Å². The van der Waals surface area contributed by atoms with Crippen molar-refractivity contribution in [1.82, 2.24) is 20.8 Å². The number of nitrogens with zero attached hydrogens (tertiary/aromatic N) is 2. The third-order valence-corrected chi connectivity index (χ3v) is 3.84. The van der Waals surface area contributed by atoms with E-state index in [1.807, 2.05) is 0 Å². The Balaban J connectivity index is 1.80. The van der Waals surface area contributed by atoms with E-state index in [0.29, 0.717) is 35.4 Å². The molecule has 8 heteroatoms. The van der Waals surface area contributed by atoms with E-state index in [9.17, 15) is 9.18 Å². The molecule has 2 aromatic rings. The lowest BCUT2D eigenvalue weighted by Gasteiger charge is -2.21. The first-order valence-electron chi connectivity index (χ1n) is 6.42. The highest BCUT2D eigenvalue weighted by Crippen LogP contribution is 2.26. The van der Waals surface area contributed by atoms with E-state index in [0.717, 1.165) is 0 Å². The van der Waals surface area contributed by atoms with E-state index in [-0.39, 0.29) is 23.6 Å². The lowest BCUT2D eigenvalue weighted by atomic mass is 10.1. The SMILES string of the molecule is O=C1NCCNC1Cc1nc(-c2cc(F)ccc2Br)no1. The Morgan fingerprint density at radius 3 is 3.10 bits per heavy atom. The molecule has 1 aromatic carbocycles. The van der Waals surface area contributed by atoms with Crippen molar-refractivity contribution in [2.45, 2.75) is 12.5 Å².